The maximum Gasteiger partial charge on any atom is 0.384 e. The Morgan fingerprint density at radius 1 is 0.467 bits per heavy atom. The molecule has 0 aliphatic heterocycles. The summed E-state index contributed by atoms with van der Waals surface area (Å²) in [5, 5.41) is 8.31. The van der Waals surface area contributed by atoms with Gasteiger partial charge in [0.15, 0.2) is 0 Å². The first-order chi connectivity index (χ1) is 13.4. The standard InChI is InChI=1S/C17H24F12O/c1-2-3-4-5-6-7-9-12(18,19)14(22,23)16(26,27)17(28,29)15(24,25)13(20,21)10-8-11-30/h30H,2-11H2,1H3. The van der Waals surface area contributed by atoms with Crippen molar-refractivity contribution in [3.8, 4) is 0 Å². The maximum atomic E-state index is 13.7. The van der Waals surface area contributed by atoms with Crippen LogP contribution >= 0.6 is 0 Å². The average molecular weight is 472 g/mol. The van der Waals surface area contributed by atoms with Gasteiger partial charge < -0.3 is 5.11 Å². The van der Waals surface area contributed by atoms with Crippen LogP contribution < -0.4 is 0 Å². The molecule has 182 valence electrons. The van der Waals surface area contributed by atoms with Gasteiger partial charge in [-0.2, -0.15) is 52.7 Å². The third kappa shape index (κ3) is 5.48. The summed E-state index contributed by atoms with van der Waals surface area (Å²) in [6.45, 7) is 0.584. The Labute approximate surface area is 165 Å². The van der Waals surface area contributed by atoms with Gasteiger partial charge in [0, 0.05) is 19.4 Å². The van der Waals surface area contributed by atoms with Crippen LogP contribution in [0.1, 0.15) is 64.7 Å². The van der Waals surface area contributed by atoms with Crippen molar-refractivity contribution < 1.29 is 57.8 Å². The smallest absolute Gasteiger partial charge is 0.384 e. The molecule has 0 spiro atoms. The first-order valence-electron chi connectivity index (χ1n) is 9.25. The summed E-state index contributed by atoms with van der Waals surface area (Å²) in [7, 11) is 0. The summed E-state index contributed by atoms with van der Waals surface area (Å²) >= 11 is 0. The summed E-state index contributed by atoms with van der Waals surface area (Å²) < 4.78 is 163. The van der Waals surface area contributed by atoms with Gasteiger partial charge >= 0.3 is 35.5 Å². The van der Waals surface area contributed by atoms with Crippen molar-refractivity contribution in [2.45, 2.75) is 100 Å². The van der Waals surface area contributed by atoms with Crippen LogP contribution in [0.5, 0.6) is 0 Å². The number of unbranched alkanes of at least 4 members (excludes halogenated alkanes) is 5. The van der Waals surface area contributed by atoms with Crippen molar-refractivity contribution in [3.05, 3.63) is 0 Å². The Morgan fingerprint density at radius 2 is 0.800 bits per heavy atom. The van der Waals surface area contributed by atoms with E-state index in [9.17, 15) is 52.7 Å². The van der Waals surface area contributed by atoms with Crippen molar-refractivity contribution in [2.75, 3.05) is 6.61 Å². The van der Waals surface area contributed by atoms with Crippen LogP contribution in [0.4, 0.5) is 52.7 Å². The van der Waals surface area contributed by atoms with E-state index in [1.54, 1.807) is 6.92 Å². The van der Waals surface area contributed by atoms with E-state index in [1.165, 1.54) is 0 Å². The second-order valence-corrected chi connectivity index (χ2v) is 7.05. The fourth-order valence-electron chi connectivity index (χ4n) is 2.60. The average Bonchev–Trinajstić information content (AvgIpc) is 2.62. The summed E-state index contributed by atoms with van der Waals surface area (Å²) in [6, 6.07) is 0. The molecule has 0 saturated carbocycles. The van der Waals surface area contributed by atoms with Gasteiger partial charge in [0.25, 0.3) is 0 Å². The van der Waals surface area contributed by atoms with Gasteiger partial charge in [0.1, 0.15) is 0 Å². The minimum absolute atomic E-state index is 0.136. The molecule has 30 heavy (non-hydrogen) atoms. The molecule has 0 aliphatic carbocycles. The Morgan fingerprint density at radius 3 is 1.17 bits per heavy atom. The molecule has 0 atom stereocenters. The molecule has 0 aromatic carbocycles. The fraction of sp³-hybridized carbons (Fsp3) is 1.00. The lowest BCUT2D eigenvalue weighted by molar-refractivity contribution is -0.425. The number of aliphatic hydroxyl groups excluding tert-OH is 1. The SMILES string of the molecule is CCCCCCCCC(F)(F)C(F)(F)C(F)(F)C(F)(F)C(F)(F)C(F)(F)CCCO. The third-order valence-electron chi connectivity index (χ3n) is 4.59. The van der Waals surface area contributed by atoms with Crippen molar-refractivity contribution >= 4 is 0 Å². The highest BCUT2D eigenvalue weighted by atomic mass is 19.4. The van der Waals surface area contributed by atoms with Gasteiger partial charge in [0.2, 0.25) is 0 Å². The van der Waals surface area contributed by atoms with Gasteiger partial charge in [-0.3, -0.25) is 0 Å². The predicted octanol–water partition coefficient (Wildman–Crippen LogP) is 7.32. The van der Waals surface area contributed by atoms with E-state index in [0.717, 1.165) is 6.42 Å². The molecule has 0 bridgehead atoms. The van der Waals surface area contributed by atoms with E-state index in [4.69, 9.17) is 5.11 Å². The van der Waals surface area contributed by atoms with E-state index in [2.05, 4.69) is 0 Å². The second kappa shape index (κ2) is 10.2. The Kier molecular flexibility index (Phi) is 9.86. The highest BCUT2D eigenvalue weighted by Crippen LogP contribution is 2.61. The quantitative estimate of drug-likeness (QED) is 0.196. The van der Waals surface area contributed by atoms with E-state index in [1.807, 2.05) is 0 Å². The first kappa shape index (κ1) is 29.1. The zero-order chi connectivity index (χ0) is 24.1. The predicted molar refractivity (Wildman–Crippen MR) is 84.0 cm³/mol. The number of alkyl halides is 12. The number of hydrogen-bond donors (Lipinski definition) is 1. The summed E-state index contributed by atoms with van der Waals surface area (Å²) in [4.78, 5) is 0. The highest BCUT2D eigenvalue weighted by molar-refractivity contribution is 5.11. The van der Waals surface area contributed by atoms with Gasteiger partial charge in [0.05, 0.1) is 0 Å². The van der Waals surface area contributed by atoms with E-state index in [-0.39, 0.29) is 12.8 Å². The Hall–Kier alpha value is -0.880. The highest BCUT2D eigenvalue weighted by Gasteiger charge is 2.89. The number of halogens is 12. The van der Waals surface area contributed by atoms with Gasteiger partial charge in [-0.15, -0.1) is 0 Å². The number of hydrogen-bond acceptors (Lipinski definition) is 1. The van der Waals surface area contributed by atoms with Crippen LogP contribution in [-0.4, -0.2) is 47.2 Å². The van der Waals surface area contributed by atoms with Crippen molar-refractivity contribution in [1.82, 2.24) is 0 Å². The molecular formula is C17H24F12O. The normalized spacial score (nSPS) is 15.0. The molecular weight excluding hydrogens is 448 g/mol. The second-order valence-electron chi connectivity index (χ2n) is 7.05. The molecule has 0 unspecified atom stereocenters. The Balaban J connectivity index is 5.65. The Bertz CT molecular complexity index is 519. The molecule has 0 radical (unpaired) electrons. The van der Waals surface area contributed by atoms with Crippen molar-refractivity contribution in [2.24, 2.45) is 0 Å². The lowest BCUT2D eigenvalue weighted by Gasteiger charge is -2.41. The van der Waals surface area contributed by atoms with Gasteiger partial charge in [-0.1, -0.05) is 39.0 Å². The first-order valence-corrected chi connectivity index (χ1v) is 9.25. The van der Waals surface area contributed by atoms with Crippen LogP contribution in [0.2, 0.25) is 0 Å². The molecule has 13 heteroatoms. The monoisotopic (exact) mass is 472 g/mol. The molecule has 0 aromatic rings. The number of rotatable bonds is 15. The molecule has 1 N–H and O–H groups in total. The molecule has 0 fully saturated rings. The fourth-order valence-corrected chi connectivity index (χ4v) is 2.60. The minimum atomic E-state index is -7.52. The molecule has 0 saturated heterocycles. The molecule has 0 rings (SSSR count). The lowest BCUT2D eigenvalue weighted by atomic mass is 9.88. The van der Waals surface area contributed by atoms with Crippen LogP contribution in [-0.2, 0) is 0 Å². The summed E-state index contributed by atoms with van der Waals surface area (Å²) in [6.07, 6.45) is -4.27. The van der Waals surface area contributed by atoms with Crippen LogP contribution in [0, 0.1) is 0 Å². The van der Waals surface area contributed by atoms with Gasteiger partial charge in [-0.05, 0) is 12.8 Å². The summed E-state index contributed by atoms with van der Waals surface area (Å²) in [5.74, 6) is -41.0. The van der Waals surface area contributed by atoms with E-state index < -0.39 is 67.8 Å². The third-order valence-corrected chi connectivity index (χ3v) is 4.59. The minimum Gasteiger partial charge on any atom is -0.396 e. The van der Waals surface area contributed by atoms with Gasteiger partial charge in [-0.25, -0.2) is 0 Å². The van der Waals surface area contributed by atoms with Crippen molar-refractivity contribution in [1.29, 1.82) is 0 Å². The lowest BCUT2D eigenvalue weighted by Crippen LogP contribution is -2.70. The maximum absolute atomic E-state index is 13.7. The molecule has 1 nitrogen and oxygen atoms in total. The number of aliphatic hydroxyl groups is 1. The zero-order valence-electron chi connectivity index (χ0n) is 16.1. The van der Waals surface area contributed by atoms with Crippen LogP contribution in [0.25, 0.3) is 0 Å². The van der Waals surface area contributed by atoms with E-state index >= 15 is 0 Å². The molecule has 0 amide bonds. The largest absolute Gasteiger partial charge is 0.396 e. The van der Waals surface area contributed by atoms with Crippen LogP contribution in [0.15, 0.2) is 0 Å². The van der Waals surface area contributed by atoms with Crippen molar-refractivity contribution in [3.63, 3.8) is 0 Å². The molecule has 0 aromatic heterocycles. The molecule has 0 heterocycles. The molecule has 0 aliphatic rings. The summed E-state index contributed by atoms with van der Waals surface area (Å²) in [5.41, 5.74) is 0. The van der Waals surface area contributed by atoms with Crippen LogP contribution in [0.3, 0.4) is 0 Å². The zero-order valence-corrected chi connectivity index (χ0v) is 16.1. The van der Waals surface area contributed by atoms with E-state index in [0.29, 0.717) is 12.8 Å². The topological polar surface area (TPSA) is 20.2 Å².